The molecule has 0 aliphatic carbocycles. The van der Waals surface area contributed by atoms with Crippen LogP contribution < -0.4 is 5.43 Å². The molecule has 0 spiro atoms. The molecular formula is C10H11N3O. The predicted molar refractivity (Wildman–Crippen MR) is 55.0 cm³/mol. The van der Waals surface area contributed by atoms with Crippen molar-refractivity contribution in [2.75, 3.05) is 0 Å². The monoisotopic (exact) mass is 189 g/mol. The van der Waals surface area contributed by atoms with Gasteiger partial charge in [0.25, 0.3) is 5.91 Å². The van der Waals surface area contributed by atoms with Crippen LogP contribution in [0.3, 0.4) is 0 Å². The van der Waals surface area contributed by atoms with Crippen LogP contribution in [0.1, 0.15) is 17.4 Å². The minimum atomic E-state index is -0.314. The third-order valence-corrected chi connectivity index (χ3v) is 1.42. The lowest BCUT2D eigenvalue weighted by Gasteiger charge is -1.96. The van der Waals surface area contributed by atoms with Gasteiger partial charge in [-0.1, -0.05) is 12.1 Å². The number of nitrogens with one attached hydrogen (secondary N) is 1. The van der Waals surface area contributed by atoms with E-state index in [1.807, 2.05) is 13.0 Å². The Labute approximate surface area is 82.4 Å². The Bertz CT molecular complexity index is 344. The van der Waals surface area contributed by atoms with E-state index in [1.165, 1.54) is 6.21 Å². The number of hydrogen-bond donors (Lipinski definition) is 1. The van der Waals surface area contributed by atoms with Crippen LogP contribution in [0.25, 0.3) is 0 Å². The van der Waals surface area contributed by atoms with Crippen molar-refractivity contribution in [3.63, 3.8) is 0 Å². The van der Waals surface area contributed by atoms with Gasteiger partial charge in [0.2, 0.25) is 0 Å². The van der Waals surface area contributed by atoms with E-state index in [0.29, 0.717) is 5.69 Å². The number of carbonyl (C=O) groups excluding carboxylic acids is 1. The van der Waals surface area contributed by atoms with Crippen LogP contribution in [0.2, 0.25) is 0 Å². The molecule has 0 aliphatic rings. The zero-order valence-corrected chi connectivity index (χ0v) is 7.84. The normalized spacial score (nSPS) is 10.9. The highest BCUT2D eigenvalue weighted by atomic mass is 16.2. The molecule has 4 heteroatoms. The Hall–Kier alpha value is -1.97. The van der Waals surface area contributed by atoms with Crippen LogP contribution in [0.5, 0.6) is 0 Å². The van der Waals surface area contributed by atoms with Gasteiger partial charge >= 0.3 is 0 Å². The molecule has 0 saturated carbocycles. The highest BCUT2D eigenvalue weighted by Gasteiger charge is 2.02. The molecule has 0 saturated heterocycles. The molecule has 1 aromatic rings. The van der Waals surface area contributed by atoms with Crippen LogP contribution in [-0.2, 0) is 0 Å². The van der Waals surface area contributed by atoms with E-state index in [0.717, 1.165) is 0 Å². The van der Waals surface area contributed by atoms with Gasteiger partial charge in [-0.15, -0.1) is 0 Å². The van der Waals surface area contributed by atoms with Crippen LogP contribution in [0.4, 0.5) is 0 Å². The molecule has 1 rings (SSSR count). The quantitative estimate of drug-likeness (QED) is 0.576. The van der Waals surface area contributed by atoms with Gasteiger partial charge in [-0.25, -0.2) is 5.43 Å². The Morgan fingerprint density at radius 1 is 1.57 bits per heavy atom. The average molecular weight is 189 g/mol. The van der Waals surface area contributed by atoms with Crippen molar-refractivity contribution in [1.29, 1.82) is 0 Å². The standard InChI is InChI=1S/C10H11N3O/c1-2-3-8-12-13-10(14)9-6-4-5-7-11-9/h2-8H,1H3,(H,13,14)/b3-2+,12-8?. The van der Waals surface area contributed by atoms with E-state index in [1.54, 1.807) is 30.5 Å². The second-order valence-corrected chi connectivity index (χ2v) is 2.46. The molecule has 0 bridgehead atoms. The first-order valence-electron chi connectivity index (χ1n) is 4.20. The SMILES string of the molecule is C/C=C/C=NNC(=O)c1ccccn1. The first-order valence-corrected chi connectivity index (χ1v) is 4.20. The summed E-state index contributed by atoms with van der Waals surface area (Å²) in [5, 5.41) is 3.69. The fraction of sp³-hybridized carbons (Fsp3) is 0.100. The van der Waals surface area contributed by atoms with Crippen molar-refractivity contribution in [2.24, 2.45) is 5.10 Å². The first-order chi connectivity index (χ1) is 6.84. The van der Waals surface area contributed by atoms with Crippen LogP contribution >= 0.6 is 0 Å². The number of allylic oxidation sites excluding steroid dienone is 2. The number of carbonyl (C=O) groups is 1. The van der Waals surface area contributed by atoms with E-state index < -0.39 is 0 Å². The molecule has 1 N–H and O–H groups in total. The van der Waals surface area contributed by atoms with Gasteiger partial charge in [0.1, 0.15) is 5.69 Å². The Morgan fingerprint density at radius 3 is 3.07 bits per heavy atom. The number of aromatic nitrogens is 1. The summed E-state index contributed by atoms with van der Waals surface area (Å²) < 4.78 is 0. The van der Waals surface area contributed by atoms with E-state index in [-0.39, 0.29) is 5.91 Å². The number of amides is 1. The van der Waals surface area contributed by atoms with Crippen LogP contribution in [0.15, 0.2) is 41.6 Å². The molecule has 14 heavy (non-hydrogen) atoms. The summed E-state index contributed by atoms with van der Waals surface area (Å²) in [6.45, 7) is 1.87. The first kappa shape index (κ1) is 10.1. The molecule has 0 radical (unpaired) electrons. The van der Waals surface area contributed by atoms with Crippen molar-refractivity contribution >= 4 is 12.1 Å². The maximum Gasteiger partial charge on any atom is 0.289 e. The average Bonchev–Trinajstić information content (AvgIpc) is 2.25. The molecular weight excluding hydrogens is 178 g/mol. The van der Waals surface area contributed by atoms with Crippen molar-refractivity contribution in [3.05, 3.63) is 42.2 Å². The predicted octanol–water partition coefficient (Wildman–Crippen LogP) is 1.37. The van der Waals surface area contributed by atoms with Gasteiger partial charge in [0.15, 0.2) is 0 Å². The lowest BCUT2D eigenvalue weighted by Crippen LogP contribution is -2.18. The second kappa shape index (κ2) is 5.64. The number of hydrogen-bond acceptors (Lipinski definition) is 3. The van der Waals surface area contributed by atoms with Gasteiger partial charge < -0.3 is 0 Å². The molecule has 0 unspecified atom stereocenters. The highest BCUT2D eigenvalue weighted by molar-refractivity contribution is 5.92. The number of pyridine rings is 1. The van der Waals surface area contributed by atoms with Gasteiger partial charge in [-0.05, 0) is 25.1 Å². The third-order valence-electron chi connectivity index (χ3n) is 1.42. The van der Waals surface area contributed by atoms with Crippen molar-refractivity contribution in [3.8, 4) is 0 Å². The summed E-state index contributed by atoms with van der Waals surface area (Å²) >= 11 is 0. The molecule has 4 nitrogen and oxygen atoms in total. The van der Waals surface area contributed by atoms with E-state index in [2.05, 4.69) is 15.5 Å². The molecule has 1 amide bonds. The maximum absolute atomic E-state index is 11.3. The summed E-state index contributed by atoms with van der Waals surface area (Å²) in [5.74, 6) is -0.314. The van der Waals surface area contributed by atoms with Crippen molar-refractivity contribution in [1.82, 2.24) is 10.4 Å². The molecule has 0 atom stereocenters. The Kier molecular flexibility index (Phi) is 4.07. The summed E-state index contributed by atoms with van der Waals surface area (Å²) in [4.78, 5) is 15.2. The Morgan fingerprint density at radius 2 is 2.43 bits per heavy atom. The molecule has 0 fully saturated rings. The topological polar surface area (TPSA) is 54.4 Å². The van der Waals surface area contributed by atoms with Gasteiger partial charge in [-0.3, -0.25) is 9.78 Å². The third kappa shape index (κ3) is 3.18. The van der Waals surface area contributed by atoms with Crippen LogP contribution in [0, 0.1) is 0 Å². The summed E-state index contributed by atoms with van der Waals surface area (Å²) in [6.07, 6.45) is 6.60. The highest BCUT2D eigenvalue weighted by Crippen LogP contribution is 1.91. The molecule has 72 valence electrons. The van der Waals surface area contributed by atoms with Gasteiger partial charge in [0.05, 0.1) is 0 Å². The van der Waals surface area contributed by atoms with Crippen molar-refractivity contribution < 1.29 is 4.79 Å². The van der Waals surface area contributed by atoms with E-state index in [9.17, 15) is 4.79 Å². The Balaban J connectivity index is 2.52. The van der Waals surface area contributed by atoms with E-state index >= 15 is 0 Å². The minimum absolute atomic E-state index is 0.314. The largest absolute Gasteiger partial charge is 0.289 e. The lowest BCUT2D eigenvalue weighted by atomic mass is 10.3. The summed E-state index contributed by atoms with van der Waals surface area (Å²) in [6, 6.07) is 5.12. The zero-order valence-electron chi connectivity index (χ0n) is 7.84. The number of nitrogens with zero attached hydrogens (tertiary/aromatic N) is 2. The van der Waals surface area contributed by atoms with Gasteiger partial charge in [0, 0.05) is 12.4 Å². The molecule has 0 aromatic carbocycles. The zero-order chi connectivity index (χ0) is 10.2. The van der Waals surface area contributed by atoms with Crippen molar-refractivity contribution in [2.45, 2.75) is 6.92 Å². The summed E-state index contributed by atoms with van der Waals surface area (Å²) in [7, 11) is 0. The maximum atomic E-state index is 11.3. The number of hydrazone groups is 1. The van der Waals surface area contributed by atoms with Gasteiger partial charge in [-0.2, -0.15) is 5.10 Å². The fourth-order valence-electron chi connectivity index (χ4n) is 0.779. The lowest BCUT2D eigenvalue weighted by molar-refractivity contribution is 0.0950. The molecule has 0 aliphatic heterocycles. The minimum Gasteiger partial charge on any atom is -0.266 e. The van der Waals surface area contributed by atoms with Crippen LogP contribution in [-0.4, -0.2) is 17.1 Å². The number of rotatable bonds is 3. The smallest absolute Gasteiger partial charge is 0.266 e. The molecule has 1 heterocycles. The fourth-order valence-corrected chi connectivity index (χ4v) is 0.779. The second-order valence-electron chi connectivity index (χ2n) is 2.46. The van der Waals surface area contributed by atoms with E-state index in [4.69, 9.17) is 0 Å². The summed E-state index contributed by atoms with van der Waals surface area (Å²) in [5.41, 5.74) is 2.70. The molecule has 1 aromatic heterocycles.